The second-order valence-corrected chi connectivity index (χ2v) is 4.75. The van der Waals surface area contributed by atoms with Crippen molar-refractivity contribution in [1.82, 2.24) is 5.32 Å². The second-order valence-electron chi connectivity index (χ2n) is 4.75. The molecule has 1 saturated carbocycles. The average Bonchev–Trinajstić information content (AvgIpc) is 2.74. The quantitative estimate of drug-likeness (QED) is 0.868. The van der Waals surface area contributed by atoms with E-state index in [2.05, 4.69) is 5.32 Å². The number of nitrogens with two attached hydrogens (primary N) is 1. The predicted molar refractivity (Wildman–Crippen MR) is 64.5 cm³/mol. The topological polar surface area (TPSA) is 55.1 Å². The zero-order valence-corrected chi connectivity index (χ0v) is 10.2. The third kappa shape index (κ3) is 3.26. The van der Waals surface area contributed by atoms with E-state index in [1.807, 2.05) is 0 Å². The highest BCUT2D eigenvalue weighted by molar-refractivity contribution is 5.94. The van der Waals surface area contributed by atoms with Crippen LogP contribution in [0.5, 0.6) is 0 Å². The molecule has 0 radical (unpaired) electrons. The Kier molecular flexibility index (Phi) is 3.80. The van der Waals surface area contributed by atoms with Gasteiger partial charge in [-0.1, -0.05) is 6.07 Å². The summed E-state index contributed by atoms with van der Waals surface area (Å²) < 4.78 is 37.6. The zero-order chi connectivity index (χ0) is 14.0. The maximum Gasteiger partial charge on any atom is 0.416 e. The van der Waals surface area contributed by atoms with Crippen molar-refractivity contribution in [3.05, 3.63) is 35.4 Å². The molecule has 2 atom stereocenters. The average molecular weight is 272 g/mol. The normalized spacial score (nSPS) is 23.4. The number of rotatable bonds is 2. The molecule has 0 aromatic heterocycles. The summed E-state index contributed by atoms with van der Waals surface area (Å²) in [4.78, 5) is 11.9. The van der Waals surface area contributed by atoms with Crippen molar-refractivity contribution in [2.24, 2.45) is 5.73 Å². The molecule has 1 aliphatic rings. The Morgan fingerprint density at radius 2 is 2.05 bits per heavy atom. The van der Waals surface area contributed by atoms with E-state index in [9.17, 15) is 18.0 Å². The minimum atomic E-state index is -4.44. The van der Waals surface area contributed by atoms with Gasteiger partial charge in [-0.2, -0.15) is 13.2 Å². The first-order valence-electron chi connectivity index (χ1n) is 6.11. The maximum atomic E-state index is 12.5. The summed E-state index contributed by atoms with van der Waals surface area (Å²) in [6.45, 7) is 0. The van der Waals surface area contributed by atoms with Crippen LogP contribution in [0.25, 0.3) is 0 Å². The molecule has 0 heterocycles. The van der Waals surface area contributed by atoms with Crippen LogP contribution in [-0.2, 0) is 6.18 Å². The van der Waals surface area contributed by atoms with E-state index < -0.39 is 17.6 Å². The van der Waals surface area contributed by atoms with Gasteiger partial charge in [0.05, 0.1) is 5.56 Å². The standard InChI is InChI=1S/C13H15F3N2O/c14-13(15,16)9-4-1-3-8(7-9)12(19)18-11-6-2-5-10(11)17/h1,3-4,7,10-11H,2,5-6,17H2,(H,18,19). The van der Waals surface area contributed by atoms with Gasteiger partial charge in [-0.15, -0.1) is 0 Å². The number of carbonyl (C=O) groups excluding carboxylic acids is 1. The second kappa shape index (κ2) is 5.21. The zero-order valence-electron chi connectivity index (χ0n) is 10.2. The first-order valence-corrected chi connectivity index (χ1v) is 6.11. The molecule has 104 valence electrons. The number of amides is 1. The lowest BCUT2D eigenvalue weighted by Crippen LogP contribution is -2.44. The van der Waals surface area contributed by atoms with Crippen molar-refractivity contribution >= 4 is 5.91 Å². The number of nitrogens with one attached hydrogen (secondary N) is 1. The summed E-state index contributed by atoms with van der Waals surface area (Å²) in [6, 6.07) is 4.13. The van der Waals surface area contributed by atoms with Crippen LogP contribution in [-0.4, -0.2) is 18.0 Å². The summed E-state index contributed by atoms with van der Waals surface area (Å²) in [5, 5.41) is 2.69. The van der Waals surface area contributed by atoms with Gasteiger partial charge >= 0.3 is 6.18 Å². The molecular formula is C13H15F3N2O. The van der Waals surface area contributed by atoms with E-state index in [-0.39, 0.29) is 17.6 Å². The molecule has 2 rings (SSSR count). The number of alkyl halides is 3. The Bertz CT molecular complexity index is 473. The van der Waals surface area contributed by atoms with E-state index in [4.69, 9.17) is 5.73 Å². The molecule has 19 heavy (non-hydrogen) atoms. The number of hydrogen-bond donors (Lipinski definition) is 2. The summed E-state index contributed by atoms with van der Waals surface area (Å²) >= 11 is 0. The molecule has 0 spiro atoms. The lowest BCUT2D eigenvalue weighted by atomic mass is 10.1. The molecule has 1 aromatic rings. The fourth-order valence-corrected chi connectivity index (χ4v) is 2.26. The van der Waals surface area contributed by atoms with Gasteiger partial charge in [0.1, 0.15) is 0 Å². The molecule has 1 fully saturated rings. The van der Waals surface area contributed by atoms with Crippen molar-refractivity contribution in [3.8, 4) is 0 Å². The first-order chi connectivity index (χ1) is 8.88. The monoisotopic (exact) mass is 272 g/mol. The smallest absolute Gasteiger partial charge is 0.348 e. The molecule has 0 aliphatic heterocycles. The van der Waals surface area contributed by atoms with E-state index in [0.29, 0.717) is 0 Å². The number of benzene rings is 1. The van der Waals surface area contributed by atoms with Crippen LogP contribution in [0.4, 0.5) is 13.2 Å². The van der Waals surface area contributed by atoms with Gasteiger partial charge in [-0.3, -0.25) is 4.79 Å². The van der Waals surface area contributed by atoms with E-state index in [0.717, 1.165) is 31.4 Å². The molecule has 3 nitrogen and oxygen atoms in total. The molecule has 1 aliphatic carbocycles. The van der Waals surface area contributed by atoms with Gasteiger partial charge in [0.15, 0.2) is 0 Å². The molecule has 6 heteroatoms. The van der Waals surface area contributed by atoms with Crippen molar-refractivity contribution in [1.29, 1.82) is 0 Å². The first kappa shape index (κ1) is 13.9. The van der Waals surface area contributed by atoms with Crippen molar-refractivity contribution in [3.63, 3.8) is 0 Å². The Hall–Kier alpha value is -1.56. The van der Waals surface area contributed by atoms with Gasteiger partial charge in [-0.25, -0.2) is 0 Å². The van der Waals surface area contributed by atoms with Gasteiger partial charge < -0.3 is 11.1 Å². The maximum absolute atomic E-state index is 12.5. The van der Waals surface area contributed by atoms with Gasteiger partial charge in [0, 0.05) is 17.6 Å². The Balaban J connectivity index is 2.11. The summed E-state index contributed by atoms with van der Waals surface area (Å²) in [5.41, 5.74) is 4.99. The minimum absolute atomic E-state index is 0.00826. The van der Waals surface area contributed by atoms with Crippen LogP contribution in [0.1, 0.15) is 35.2 Å². The third-order valence-corrected chi connectivity index (χ3v) is 3.34. The van der Waals surface area contributed by atoms with Gasteiger partial charge in [0.25, 0.3) is 5.91 Å². The number of carbonyl (C=O) groups is 1. The highest BCUT2D eigenvalue weighted by Crippen LogP contribution is 2.29. The highest BCUT2D eigenvalue weighted by atomic mass is 19.4. The third-order valence-electron chi connectivity index (χ3n) is 3.34. The van der Waals surface area contributed by atoms with Crippen molar-refractivity contribution in [2.45, 2.75) is 37.5 Å². The number of hydrogen-bond acceptors (Lipinski definition) is 2. The predicted octanol–water partition coefficient (Wildman–Crippen LogP) is 2.31. The SMILES string of the molecule is NC1CCCC1NC(=O)c1cccc(C(F)(F)F)c1. The van der Waals surface area contributed by atoms with Crippen LogP contribution < -0.4 is 11.1 Å². The summed E-state index contributed by atoms with van der Waals surface area (Å²) in [7, 11) is 0. The van der Waals surface area contributed by atoms with Crippen LogP contribution in [0.15, 0.2) is 24.3 Å². The number of halogens is 3. The van der Waals surface area contributed by atoms with Crippen LogP contribution >= 0.6 is 0 Å². The Morgan fingerprint density at radius 3 is 2.63 bits per heavy atom. The summed E-state index contributed by atoms with van der Waals surface area (Å²) in [5.74, 6) is -0.506. The van der Waals surface area contributed by atoms with Gasteiger partial charge in [0.2, 0.25) is 0 Å². The Labute approximate surface area is 109 Å². The van der Waals surface area contributed by atoms with Gasteiger partial charge in [-0.05, 0) is 37.5 Å². The lowest BCUT2D eigenvalue weighted by Gasteiger charge is -2.17. The summed E-state index contributed by atoms with van der Waals surface area (Å²) in [6.07, 6.45) is -1.92. The molecule has 0 saturated heterocycles. The fraction of sp³-hybridized carbons (Fsp3) is 0.462. The lowest BCUT2D eigenvalue weighted by molar-refractivity contribution is -0.137. The van der Waals surface area contributed by atoms with Crippen molar-refractivity contribution in [2.75, 3.05) is 0 Å². The Morgan fingerprint density at radius 1 is 1.32 bits per heavy atom. The van der Waals surface area contributed by atoms with Crippen LogP contribution in [0.3, 0.4) is 0 Å². The fourth-order valence-electron chi connectivity index (χ4n) is 2.26. The molecule has 2 unspecified atom stereocenters. The molecule has 3 N–H and O–H groups in total. The van der Waals surface area contributed by atoms with Crippen LogP contribution in [0.2, 0.25) is 0 Å². The minimum Gasteiger partial charge on any atom is -0.348 e. The molecule has 0 bridgehead atoms. The van der Waals surface area contributed by atoms with E-state index in [1.54, 1.807) is 0 Å². The molecule has 1 aromatic carbocycles. The molecular weight excluding hydrogens is 257 g/mol. The van der Waals surface area contributed by atoms with E-state index in [1.165, 1.54) is 12.1 Å². The van der Waals surface area contributed by atoms with Crippen molar-refractivity contribution < 1.29 is 18.0 Å². The largest absolute Gasteiger partial charge is 0.416 e. The van der Waals surface area contributed by atoms with Crippen LogP contribution in [0, 0.1) is 0 Å². The highest BCUT2D eigenvalue weighted by Gasteiger charge is 2.31. The molecule has 1 amide bonds. The van der Waals surface area contributed by atoms with E-state index >= 15 is 0 Å².